The molecule has 0 spiro atoms. The van der Waals surface area contributed by atoms with Crippen LogP contribution in [0.25, 0.3) is 0 Å². The van der Waals surface area contributed by atoms with E-state index in [2.05, 4.69) is 15.9 Å². The number of anilines is 1. The van der Waals surface area contributed by atoms with Crippen LogP contribution < -0.4 is 5.73 Å². The Morgan fingerprint density at radius 3 is 2.85 bits per heavy atom. The second-order valence-electron chi connectivity index (χ2n) is 4.74. The van der Waals surface area contributed by atoms with Gasteiger partial charge in [0.1, 0.15) is 0 Å². The van der Waals surface area contributed by atoms with Crippen LogP contribution in [0, 0.1) is 0 Å². The number of hydrogen-bond donors (Lipinski definition) is 2. The van der Waals surface area contributed by atoms with Crippen LogP contribution in [0.4, 0.5) is 5.69 Å². The Balaban J connectivity index is 2.35. The predicted octanol–water partition coefficient (Wildman–Crippen LogP) is 0.802. The van der Waals surface area contributed by atoms with Crippen molar-refractivity contribution in [3.63, 3.8) is 0 Å². The fourth-order valence-corrected chi connectivity index (χ4v) is 3.99. The Morgan fingerprint density at radius 1 is 1.55 bits per heavy atom. The standard InChI is InChI=1S/C12H17BrN2O4S/c1-8-7-19-9(6-16)5-15(8)20(17,18)10-2-3-11(13)12(14)4-10/h2-4,8-9,16H,5-7,14H2,1H3. The van der Waals surface area contributed by atoms with Crippen LogP contribution in [-0.4, -0.2) is 49.7 Å². The third-order valence-electron chi connectivity index (χ3n) is 3.23. The van der Waals surface area contributed by atoms with Crippen molar-refractivity contribution in [1.82, 2.24) is 4.31 Å². The average molecular weight is 365 g/mol. The van der Waals surface area contributed by atoms with E-state index in [1.807, 2.05) is 0 Å². The van der Waals surface area contributed by atoms with E-state index >= 15 is 0 Å². The highest BCUT2D eigenvalue weighted by atomic mass is 79.9. The van der Waals surface area contributed by atoms with Gasteiger partial charge in [0, 0.05) is 22.7 Å². The van der Waals surface area contributed by atoms with Crippen LogP contribution in [0.5, 0.6) is 0 Å². The molecular weight excluding hydrogens is 348 g/mol. The first kappa shape index (κ1) is 15.7. The van der Waals surface area contributed by atoms with Gasteiger partial charge in [0.2, 0.25) is 10.0 Å². The minimum absolute atomic E-state index is 0.135. The lowest BCUT2D eigenvalue weighted by atomic mass is 10.2. The molecule has 6 nitrogen and oxygen atoms in total. The van der Waals surface area contributed by atoms with Crippen LogP contribution in [0.2, 0.25) is 0 Å². The van der Waals surface area contributed by atoms with Crippen molar-refractivity contribution in [2.24, 2.45) is 0 Å². The molecule has 1 fully saturated rings. The minimum atomic E-state index is -3.65. The van der Waals surface area contributed by atoms with Crippen molar-refractivity contribution in [3.05, 3.63) is 22.7 Å². The summed E-state index contributed by atoms with van der Waals surface area (Å²) in [5.74, 6) is 0. The van der Waals surface area contributed by atoms with E-state index in [-0.39, 0.29) is 30.7 Å². The van der Waals surface area contributed by atoms with Crippen LogP contribution in [0.3, 0.4) is 0 Å². The van der Waals surface area contributed by atoms with E-state index in [0.29, 0.717) is 10.2 Å². The monoisotopic (exact) mass is 364 g/mol. The van der Waals surface area contributed by atoms with Gasteiger partial charge >= 0.3 is 0 Å². The molecule has 2 unspecified atom stereocenters. The van der Waals surface area contributed by atoms with E-state index in [1.54, 1.807) is 13.0 Å². The van der Waals surface area contributed by atoms with Crippen molar-refractivity contribution in [2.75, 3.05) is 25.5 Å². The number of aliphatic hydroxyl groups is 1. The number of aliphatic hydroxyl groups excluding tert-OH is 1. The summed E-state index contributed by atoms with van der Waals surface area (Å²) in [4.78, 5) is 0.142. The number of rotatable bonds is 3. The summed E-state index contributed by atoms with van der Waals surface area (Å²) in [6, 6.07) is 4.26. The van der Waals surface area contributed by atoms with Gasteiger partial charge < -0.3 is 15.6 Å². The quantitative estimate of drug-likeness (QED) is 0.773. The highest BCUT2D eigenvalue weighted by Gasteiger charge is 2.35. The smallest absolute Gasteiger partial charge is 0.243 e. The molecule has 0 amide bonds. The van der Waals surface area contributed by atoms with Gasteiger partial charge in [0.25, 0.3) is 0 Å². The summed E-state index contributed by atoms with van der Waals surface area (Å²) >= 11 is 3.24. The second-order valence-corrected chi connectivity index (χ2v) is 7.49. The highest BCUT2D eigenvalue weighted by molar-refractivity contribution is 9.10. The fourth-order valence-electron chi connectivity index (χ4n) is 2.05. The second kappa shape index (κ2) is 5.98. The third-order valence-corrected chi connectivity index (χ3v) is 5.92. The maximum absolute atomic E-state index is 12.6. The van der Waals surface area contributed by atoms with Crippen molar-refractivity contribution in [2.45, 2.75) is 24.0 Å². The van der Waals surface area contributed by atoms with Gasteiger partial charge in [-0.3, -0.25) is 0 Å². The minimum Gasteiger partial charge on any atom is -0.398 e. The lowest BCUT2D eigenvalue weighted by Gasteiger charge is -2.36. The number of nitrogen functional groups attached to an aromatic ring is 1. The SMILES string of the molecule is CC1COC(CO)CN1S(=O)(=O)c1ccc(Br)c(N)c1. The Kier molecular flexibility index (Phi) is 4.70. The Hall–Kier alpha value is -0.670. The maximum Gasteiger partial charge on any atom is 0.243 e. The molecule has 2 rings (SSSR count). The molecule has 0 aromatic heterocycles. The molecule has 3 N–H and O–H groups in total. The first-order valence-electron chi connectivity index (χ1n) is 6.15. The van der Waals surface area contributed by atoms with E-state index < -0.39 is 16.1 Å². The first-order chi connectivity index (χ1) is 9.36. The zero-order chi connectivity index (χ0) is 14.9. The van der Waals surface area contributed by atoms with Crippen LogP contribution in [0.15, 0.2) is 27.6 Å². The zero-order valence-electron chi connectivity index (χ0n) is 11.0. The maximum atomic E-state index is 12.6. The Morgan fingerprint density at radius 2 is 2.25 bits per heavy atom. The molecule has 2 atom stereocenters. The van der Waals surface area contributed by atoms with Gasteiger partial charge in [-0.25, -0.2) is 8.42 Å². The molecule has 1 aromatic carbocycles. The number of halogens is 1. The molecule has 1 aliphatic heterocycles. The Bertz CT molecular complexity index is 593. The molecule has 0 aliphatic carbocycles. The van der Waals surface area contributed by atoms with Crippen molar-refractivity contribution < 1.29 is 18.3 Å². The summed E-state index contributed by atoms with van der Waals surface area (Å²) in [5.41, 5.74) is 6.11. The molecule has 8 heteroatoms. The van der Waals surface area contributed by atoms with Gasteiger partial charge in [-0.05, 0) is 41.1 Å². The number of ether oxygens (including phenoxy) is 1. The molecule has 0 radical (unpaired) electrons. The Labute approximate surface area is 126 Å². The number of nitrogens with two attached hydrogens (primary N) is 1. The molecular formula is C12H17BrN2O4S. The summed E-state index contributed by atoms with van der Waals surface area (Å²) in [6.07, 6.45) is -0.492. The van der Waals surface area contributed by atoms with Gasteiger partial charge in [-0.15, -0.1) is 0 Å². The number of benzene rings is 1. The van der Waals surface area contributed by atoms with Crippen LogP contribution >= 0.6 is 15.9 Å². The van der Waals surface area contributed by atoms with Gasteiger partial charge in [0.15, 0.2) is 0 Å². The first-order valence-corrected chi connectivity index (χ1v) is 8.39. The average Bonchev–Trinajstić information content (AvgIpc) is 2.42. The number of nitrogens with zero attached hydrogens (tertiary/aromatic N) is 1. The summed E-state index contributed by atoms with van der Waals surface area (Å²) < 4.78 is 32.6. The normalized spacial score (nSPS) is 24.8. The molecule has 112 valence electrons. The van der Waals surface area contributed by atoms with E-state index in [4.69, 9.17) is 15.6 Å². The number of morpholine rings is 1. The van der Waals surface area contributed by atoms with Gasteiger partial charge in [0.05, 0.1) is 24.2 Å². The fraction of sp³-hybridized carbons (Fsp3) is 0.500. The lowest BCUT2D eigenvalue weighted by Crippen LogP contribution is -2.51. The molecule has 1 heterocycles. The van der Waals surface area contributed by atoms with E-state index in [1.165, 1.54) is 16.4 Å². The predicted molar refractivity (Wildman–Crippen MR) is 78.7 cm³/mol. The molecule has 0 saturated carbocycles. The highest BCUT2D eigenvalue weighted by Crippen LogP contribution is 2.27. The third kappa shape index (κ3) is 2.99. The van der Waals surface area contributed by atoms with Crippen LogP contribution in [0.1, 0.15) is 6.92 Å². The van der Waals surface area contributed by atoms with E-state index in [9.17, 15) is 8.42 Å². The lowest BCUT2D eigenvalue weighted by molar-refractivity contribution is -0.0516. The summed E-state index contributed by atoms with van der Waals surface area (Å²) in [6.45, 7) is 1.96. The van der Waals surface area contributed by atoms with Crippen molar-refractivity contribution in [3.8, 4) is 0 Å². The molecule has 1 saturated heterocycles. The van der Waals surface area contributed by atoms with E-state index in [0.717, 1.165) is 0 Å². The molecule has 20 heavy (non-hydrogen) atoms. The zero-order valence-corrected chi connectivity index (χ0v) is 13.4. The molecule has 1 aliphatic rings. The van der Waals surface area contributed by atoms with Crippen LogP contribution in [-0.2, 0) is 14.8 Å². The van der Waals surface area contributed by atoms with Gasteiger partial charge in [-0.1, -0.05) is 0 Å². The van der Waals surface area contributed by atoms with Gasteiger partial charge in [-0.2, -0.15) is 4.31 Å². The van der Waals surface area contributed by atoms with Crippen molar-refractivity contribution >= 4 is 31.6 Å². The van der Waals surface area contributed by atoms with Crippen molar-refractivity contribution in [1.29, 1.82) is 0 Å². The molecule has 1 aromatic rings. The summed E-state index contributed by atoms with van der Waals surface area (Å²) in [7, 11) is -3.65. The topological polar surface area (TPSA) is 92.9 Å². The number of sulfonamides is 1. The largest absolute Gasteiger partial charge is 0.398 e. The summed E-state index contributed by atoms with van der Waals surface area (Å²) in [5, 5.41) is 9.14. The molecule has 0 bridgehead atoms. The number of hydrogen-bond acceptors (Lipinski definition) is 5.